The summed E-state index contributed by atoms with van der Waals surface area (Å²) in [5.74, 6) is -0.658. The van der Waals surface area contributed by atoms with Crippen molar-refractivity contribution in [2.45, 2.75) is 38.3 Å². The number of carboxylic acid groups (broad SMARTS) is 1. The number of likely N-dealkylation sites (tertiary alicyclic amines) is 1. The van der Waals surface area contributed by atoms with Gasteiger partial charge in [0.1, 0.15) is 12.6 Å². The van der Waals surface area contributed by atoms with Gasteiger partial charge in [0, 0.05) is 6.54 Å². The molecule has 2 atom stereocenters. The monoisotopic (exact) mass is 315 g/mol. The molecule has 1 heterocycles. The van der Waals surface area contributed by atoms with Gasteiger partial charge in [0.15, 0.2) is 0 Å². The lowest BCUT2D eigenvalue weighted by Gasteiger charge is -2.39. The molecule has 2 aliphatic rings. The number of piperidine rings is 1. The minimum Gasteiger partial charge on any atom is -0.480 e. The van der Waals surface area contributed by atoms with Crippen LogP contribution in [0.4, 0.5) is 4.79 Å². The Morgan fingerprint density at radius 2 is 2.04 bits per heavy atom. The fourth-order valence-electron chi connectivity index (χ4n) is 3.40. The van der Waals surface area contributed by atoms with Crippen LogP contribution in [0.15, 0.2) is 42.0 Å². The van der Waals surface area contributed by atoms with Crippen molar-refractivity contribution in [3.8, 4) is 0 Å². The van der Waals surface area contributed by atoms with Gasteiger partial charge in [-0.2, -0.15) is 0 Å². The third-order valence-corrected chi connectivity index (χ3v) is 4.65. The topological polar surface area (TPSA) is 66.8 Å². The lowest BCUT2D eigenvalue weighted by atomic mass is 9.79. The van der Waals surface area contributed by atoms with Crippen LogP contribution in [-0.4, -0.2) is 34.7 Å². The van der Waals surface area contributed by atoms with Crippen LogP contribution < -0.4 is 0 Å². The maximum atomic E-state index is 12.4. The fraction of sp³-hybridized carbons (Fsp3) is 0.444. The standard InChI is InChI=1S/C18H21NO4/c20-17(21)16-10-14-8-4-5-9-15(14)11-19(16)18(22)23-12-13-6-2-1-3-7-13/h1-3,6-7,9,14,16H,4-5,8,10-12H2,(H,20,21)/t14-,16+/m1/s1. The average molecular weight is 315 g/mol. The molecule has 1 fully saturated rings. The average Bonchev–Trinajstić information content (AvgIpc) is 2.59. The summed E-state index contributed by atoms with van der Waals surface area (Å²) in [6, 6.07) is 8.60. The van der Waals surface area contributed by atoms with Gasteiger partial charge in [-0.25, -0.2) is 9.59 Å². The van der Waals surface area contributed by atoms with E-state index in [0.717, 1.165) is 24.8 Å². The molecule has 1 aromatic carbocycles. The molecule has 0 aromatic heterocycles. The smallest absolute Gasteiger partial charge is 0.411 e. The van der Waals surface area contributed by atoms with E-state index in [2.05, 4.69) is 6.08 Å². The van der Waals surface area contributed by atoms with E-state index >= 15 is 0 Å². The van der Waals surface area contributed by atoms with Crippen molar-refractivity contribution in [3.63, 3.8) is 0 Å². The van der Waals surface area contributed by atoms with Crippen molar-refractivity contribution >= 4 is 12.1 Å². The number of rotatable bonds is 3. The quantitative estimate of drug-likeness (QED) is 0.870. The fourth-order valence-corrected chi connectivity index (χ4v) is 3.40. The number of carbonyl (C=O) groups excluding carboxylic acids is 1. The molecular weight excluding hydrogens is 294 g/mol. The van der Waals surface area contributed by atoms with Crippen LogP contribution >= 0.6 is 0 Å². The number of hydrogen-bond acceptors (Lipinski definition) is 3. The van der Waals surface area contributed by atoms with E-state index in [0.29, 0.717) is 18.9 Å². The summed E-state index contributed by atoms with van der Waals surface area (Å²) in [5.41, 5.74) is 2.07. The summed E-state index contributed by atoms with van der Waals surface area (Å²) in [6.07, 6.45) is 5.22. The predicted molar refractivity (Wildman–Crippen MR) is 84.8 cm³/mol. The Kier molecular flexibility index (Phi) is 4.65. The molecule has 0 bridgehead atoms. The van der Waals surface area contributed by atoms with Gasteiger partial charge in [-0.1, -0.05) is 42.0 Å². The van der Waals surface area contributed by atoms with Gasteiger partial charge in [-0.3, -0.25) is 4.90 Å². The molecule has 5 nitrogen and oxygen atoms in total. The van der Waals surface area contributed by atoms with Gasteiger partial charge in [0.2, 0.25) is 0 Å². The minimum absolute atomic E-state index is 0.158. The summed E-state index contributed by atoms with van der Waals surface area (Å²) in [7, 11) is 0. The molecule has 23 heavy (non-hydrogen) atoms. The Labute approximate surface area is 135 Å². The maximum Gasteiger partial charge on any atom is 0.411 e. The second-order valence-corrected chi connectivity index (χ2v) is 6.16. The van der Waals surface area contributed by atoms with Crippen molar-refractivity contribution in [3.05, 3.63) is 47.5 Å². The number of amides is 1. The number of nitrogens with zero attached hydrogens (tertiary/aromatic N) is 1. The van der Waals surface area contributed by atoms with Crippen LogP contribution in [0.2, 0.25) is 0 Å². The van der Waals surface area contributed by atoms with E-state index in [1.54, 1.807) is 0 Å². The third-order valence-electron chi connectivity index (χ3n) is 4.65. The number of allylic oxidation sites excluding steroid dienone is 1. The summed E-state index contributed by atoms with van der Waals surface area (Å²) < 4.78 is 5.32. The van der Waals surface area contributed by atoms with Gasteiger partial charge in [0.25, 0.3) is 0 Å². The first kappa shape index (κ1) is 15.6. The van der Waals surface area contributed by atoms with E-state index in [-0.39, 0.29) is 6.61 Å². The zero-order valence-corrected chi connectivity index (χ0v) is 13.0. The van der Waals surface area contributed by atoms with E-state index < -0.39 is 18.1 Å². The van der Waals surface area contributed by atoms with Gasteiger partial charge < -0.3 is 9.84 Å². The third kappa shape index (κ3) is 3.55. The second-order valence-electron chi connectivity index (χ2n) is 6.16. The molecule has 0 saturated carbocycles. The molecule has 1 amide bonds. The lowest BCUT2D eigenvalue weighted by Crippen LogP contribution is -2.51. The summed E-state index contributed by atoms with van der Waals surface area (Å²) in [5, 5.41) is 9.46. The number of carboxylic acids is 1. The summed E-state index contributed by atoms with van der Waals surface area (Å²) >= 11 is 0. The Bertz CT molecular complexity index is 611. The lowest BCUT2D eigenvalue weighted by molar-refractivity contribution is -0.144. The first-order chi connectivity index (χ1) is 11.1. The van der Waals surface area contributed by atoms with Crippen molar-refractivity contribution in [2.75, 3.05) is 6.54 Å². The van der Waals surface area contributed by atoms with Crippen LogP contribution in [-0.2, 0) is 16.1 Å². The molecule has 0 radical (unpaired) electrons. The SMILES string of the molecule is O=C(O)[C@@H]1C[C@H]2CCCC=C2CN1C(=O)OCc1ccccc1. The van der Waals surface area contributed by atoms with Crippen LogP contribution in [0.25, 0.3) is 0 Å². The van der Waals surface area contributed by atoms with Crippen LogP contribution in [0.3, 0.4) is 0 Å². The molecule has 1 aromatic rings. The van der Waals surface area contributed by atoms with Crippen LogP contribution in [0.1, 0.15) is 31.2 Å². The largest absolute Gasteiger partial charge is 0.480 e. The molecular formula is C18H21NO4. The highest BCUT2D eigenvalue weighted by Crippen LogP contribution is 2.35. The predicted octanol–water partition coefficient (Wildman–Crippen LogP) is 3.21. The molecule has 1 aliphatic carbocycles. The molecule has 1 N–H and O–H groups in total. The highest BCUT2D eigenvalue weighted by Gasteiger charge is 2.39. The number of carbonyl (C=O) groups is 2. The molecule has 1 aliphatic heterocycles. The Morgan fingerprint density at radius 3 is 2.78 bits per heavy atom. The van der Waals surface area contributed by atoms with E-state index in [4.69, 9.17) is 4.74 Å². The summed E-state index contributed by atoms with van der Waals surface area (Å²) in [4.78, 5) is 25.3. The highest BCUT2D eigenvalue weighted by atomic mass is 16.6. The molecule has 0 unspecified atom stereocenters. The first-order valence-electron chi connectivity index (χ1n) is 8.04. The maximum absolute atomic E-state index is 12.4. The first-order valence-corrected chi connectivity index (χ1v) is 8.04. The second kappa shape index (κ2) is 6.86. The normalized spacial score (nSPS) is 23.7. The van der Waals surface area contributed by atoms with E-state index in [1.165, 1.54) is 10.5 Å². The van der Waals surface area contributed by atoms with E-state index in [9.17, 15) is 14.7 Å². The van der Waals surface area contributed by atoms with Crippen molar-refractivity contribution in [1.82, 2.24) is 4.90 Å². The highest BCUT2D eigenvalue weighted by molar-refractivity contribution is 5.80. The zero-order valence-electron chi connectivity index (χ0n) is 13.0. The number of hydrogen-bond donors (Lipinski definition) is 1. The summed E-state index contributed by atoms with van der Waals surface area (Å²) in [6.45, 7) is 0.528. The van der Waals surface area contributed by atoms with Gasteiger partial charge in [-0.15, -0.1) is 0 Å². The number of benzene rings is 1. The Morgan fingerprint density at radius 1 is 1.26 bits per heavy atom. The van der Waals surface area contributed by atoms with Gasteiger partial charge in [0.05, 0.1) is 0 Å². The molecule has 122 valence electrons. The number of aliphatic carboxylic acids is 1. The zero-order chi connectivity index (χ0) is 16.2. The van der Waals surface area contributed by atoms with Crippen LogP contribution in [0, 0.1) is 5.92 Å². The molecule has 1 saturated heterocycles. The van der Waals surface area contributed by atoms with Gasteiger partial charge in [-0.05, 0) is 37.2 Å². The Hall–Kier alpha value is -2.30. The van der Waals surface area contributed by atoms with Gasteiger partial charge >= 0.3 is 12.1 Å². The Balaban J connectivity index is 1.69. The molecule has 0 spiro atoms. The van der Waals surface area contributed by atoms with Crippen molar-refractivity contribution < 1.29 is 19.4 Å². The van der Waals surface area contributed by atoms with Crippen LogP contribution in [0.5, 0.6) is 0 Å². The molecule has 3 rings (SSSR count). The van der Waals surface area contributed by atoms with Crippen molar-refractivity contribution in [1.29, 1.82) is 0 Å². The van der Waals surface area contributed by atoms with E-state index in [1.807, 2.05) is 30.3 Å². The van der Waals surface area contributed by atoms with Crippen molar-refractivity contribution in [2.24, 2.45) is 5.92 Å². The molecule has 5 heteroatoms. The number of ether oxygens (including phenoxy) is 1. The number of fused-ring (bicyclic) bond motifs is 1. The minimum atomic E-state index is -0.953.